The molecule has 1 aliphatic rings. The average Bonchev–Trinajstić information content (AvgIpc) is 3.42. The summed E-state index contributed by atoms with van der Waals surface area (Å²) in [5.74, 6) is 2.49. The number of ether oxygens (including phenoxy) is 3. The minimum Gasteiger partial charge on any atom is -0.497 e. The Morgan fingerprint density at radius 2 is 1.76 bits per heavy atom. The number of hydrogen-bond acceptors (Lipinski definition) is 6. The highest BCUT2D eigenvalue weighted by Gasteiger charge is 2.23. The van der Waals surface area contributed by atoms with Gasteiger partial charge in [0.05, 0.1) is 18.5 Å². The first-order chi connectivity index (χ1) is 16.5. The molecule has 0 radical (unpaired) electrons. The molecule has 6 rings (SSSR count). The second-order valence-electron chi connectivity index (χ2n) is 8.07. The molecule has 0 aliphatic carbocycles. The maximum absolute atomic E-state index is 13.1. The Balaban J connectivity index is 1.73. The fourth-order valence-electron chi connectivity index (χ4n) is 4.38. The topological polar surface area (TPSA) is 93.9 Å². The van der Waals surface area contributed by atoms with Crippen molar-refractivity contribution < 1.29 is 14.2 Å². The molecule has 10 heteroatoms. The minimum atomic E-state index is -0.433. The smallest absolute Gasteiger partial charge is 0.332 e. The van der Waals surface area contributed by atoms with E-state index < -0.39 is 11.2 Å². The van der Waals surface area contributed by atoms with Crippen LogP contribution in [0.3, 0.4) is 0 Å². The highest BCUT2D eigenvalue weighted by atomic mass is 16.6. The molecule has 0 saturated heterocycles. The largest absolute Gasteiger partial charge is 0.497 e. The van der Waals surface area contributed by atoms with E-state index in [0.29, 0.717) is 47.4 Å². The molecule has 0 fully saturated rings. The van der Waals surface area contributed by atoms with Crippen LogP contribution < -0.4 is 25.5 Å². The number of benzene rings is 2. The molecular formula is C24H21N5O5. The van der Waals surface area contributed by atoms with Crippen molar-refractivity contribution in [1.82, 2.24) is 23.1 Å². The number of fused-ring (bicyclic) bond motifs is 4. The SMILES string of the molecule is COc1cccc(-c2cn3c4c(=O)n(C)c(=O)n(C)c4nc3n2-c2ccc3c(c2)OCCO3)c1. The van der Waals surface area contributed by atoms with E-state index in [2.05, 4.69) is 0 Å². The molecule has 0 amide bonds. The molecule has 172 valence electrons. The van der Waals surface area contributed by atoms with Gasteiger partial charge in [-0.15, -0.1) is 0 Å². The average molecular weight is 459 g/mol. The van der Waals surface area contributed by atoms with E-state index >= 15 is 0 Å². The summed E-state index contributed by atoms with van der Waals surface area (Å²) in [5.41, 5.74) is 2.21. The van der Waals surface area contributed by atoms with Crippen molar-refractivity contribution in [3.63, 3.8) is 0 Å². The molecule has 4 heterocycles. The highest BCUT2D eigenvalue weighted by Crippen LogP contribution is 2.36. The third-order valence-corrected chi connectivity index (χ3v) is 6.11. The van der Waals surface area contributed by atoms with Gasteiger partial charge in [-0.05, 0) is 24.3 Å². The quantitative estimate of drug-likeness (QED) is 0.410. The van der Waals surface area contributed by atoms with Crippen molar-refractivity contribution >= 4 is 16.9 Å². The van der Waals surface area contributed by atoms with Crippen molar-refractivity contribution in [2.45, 2.75) is 0 Å². The van der Waals surface area contributed by atoms with Crippen molar-refractivity contribution in [2.75, 3.05) is 20.3 Å². The zero-order chi connectivity index (χ0) is 23.6. The second kappa shape index (κ2) is 7.27. The molecule has 0 unspecified atom stereocenters. The van der Waals surface area contributed by atoms with Crippen LogP contribution in [0.25, 0.3) is 33.9 Å². The minimum absolute atomic E-state index is 0.312. The van der Waals surface area contributed by atoms with Crippen molar-refractivity contribution in [3.05, 3.63) is 69.5 Å². The van der Waals surface area contributed by atoms with Gasteiger partial charge in [-0.1, -0.05) is 12.1 Å². The fourth-order valence-corrected chi connectivity index (χ4v) is 4.38. The van der Waals surface area contributed by atoms with Gasteiger partial charge in [0.15, 0.2) is 22.7 Å². The molecule has 0 spiro atoms. The van der Waals surface area contributed by atoms with E-state index in [1.807, 2.05) is 53.2 Å². The van der Waals surface area contributed by atoms with Crippen molar-refractivity contribution in [1.29, 1.82) is 0 Å². The molecule has 34 heavy (non-hydrogen) atoms. The van der Waals surface area contributed by atoms with Crippen LogP contribution in [-0.2, 0) is 14.1 Å². The summed E-state index contributed by atoms with van der Waals surface area (Å²) < 4.78 is 23.0. The Hall–Kier alpha value is -4.47. The van der Waals surface area contributed by atoms with E-state index in [9.17, 15) is 9.59 Å². The van der Waals surface area contributed by atoms with E-state index in [1.54, 1.807) is 18.6 Å². The normalized spacial score (nSPS) is 13.0. The number of methoxy groups -OCH3 is 1. The number of aryl methyl sites for hydroxylation is 1. The van der Waals surface area contributed by atoms with Gasteiger partial charge in [0.25, 0.3) is 5.56 Å². The Kier molecular flexibility index (Phi) is 4.31. The predicted molar refractivity (Wildman–Crippen MR) is 125 cm³/mol. The molecule has 0 N–H and O–H groups in total. The van der Waals surface area contributed by atoms with Gasteiger partial charge in [0.1, 0.15) is 19.0 Å². The molecule has 0 atom stereocenters. The maximum Gasteiger partial charge on any atom is 0.332 e. The van der Waals surface area contributed by atoms with E-state index in [4.69, 9.17) is 19.2 Å². The molecule has 5 aromatic rings. The van der Waals surface area contributed by atoms with Gasteiger partial charge < -0.3 is 14.2 Å². The van der Waals surface area contributed by atoms with Gasteiger partial charge in [-0.2, -0.15) is 4.98 Å². The summed E-state index contributed by atoms with van der Waals surface area (Å²) in [7, 11) is 4.68. The summed E-state index contributed by atoms with van der Waals surface area (Å²) in [4.78, 5) is 30.3. The summed E-state index contributed by atoms with van der Waals surface area (Å²) >= 11 is 0. The van der Waals surface area contributed by atoms with Crippen LogP contribution >= 0.6 is 0 Å². The summed E-state index contributed by atoms with van der Waals surface area (Å²) in [6.07, 6.45) is 1.85. The lowest BCUT2D eigenvalue weighted by Crippen LogP contribution is -2.37. The number of nitrogens with zero attached hydrogens (tertiary/aromatic N) is 5. The lowest BCUT2D eigenvalue weighted by Gasteiger charge is -2.19. The van der Waals surface area contributed by atoms with Crippen molar-refractivity contribution in [2.24, 2.45) is 14.1 Å². The predicted octanol–water partition coefficient (Wildman–Crippen LogP) is 2.12. The molecule has 3 aromatic heterocycles. The maximum atomic E-state index is 13.1. The van der Waals surface area contributed by atoms with Gasteiger partial charge in [0, 0.05) is 31.9 Å². The first-order valence-corrected chi connectivity index (χ1v) is 10.7. The monoisotopic (exact) mass is 459 g/mol. The molecular weight excluding hydrogens is 438 g/mol. The van der Waals surface area contributed by atoms with Gasteiger partial charge >= 0.3 is 5.69 Å². The van der Waals surface area contributed by atoms with Crippen LogP contribution in [0.15, 0.2) is 58.3 Å². The molecule has 2 aromatic carbocycles. The van der Waals surface area contributed by atoms with Gasteiger partial charge in [0.2, 0.25) is 5.78 Å². The zero-order valence-corrected chi connectivity index (χ0v) is 18.8. The number of rotatable bonds is 3. The third-order valence-electron chi connectivity index (χ3n) is 6.11. The Morgan fingerprint density at radius 3 is 2.56 bits per heavy atom. The molecule has 1 aliphatic heterocycles. The molecule has 10 nitrogen and oxygen atoms in total. The van der Waals surface area contributed by atoms with Crippen LogP contribution in [0.5, 0.6) is 17.2 Å². The Bertz CT molecular complexity index is 1720. The van der Waals surface area contributed by atoms with Crippen LogP contribution in [0.4, 0.5) is 0 Å². The summed E-state index contributed by atoms with van der Waals surface area (Å²) in [6.45, 7) is 0.962. The summed E-state index contributed by atoms with van der Waals surface area (Å²) in [5, 5.41) is 0. The first-order valence-electron chi connectivity index (χ1n) is 10.7. The number of hydrogen-bond donors (Lipinski definition) is 0. The van der Waals surface area contributed by atoms with Crippen LogP contribution in [0, 0.1) is 0 Å². The lowest BCUT2D eigenvalue weighted by atomic mass is 10.1. The van der Waals surface area contributed by atoms with E-state index in [-0.39, 0.29) is 0 Å². The van der Waals surface area contributed by atoms with Crippen molar-refractivity contribution in [3.8, 4) is 34.2 Å². The zero-order valence-electron chi connectivity index (χ0n) is 18.8. The van der Waals surface area contributed by atoms with Crippen LogP contribution in [-0.4, -0.2) is 43.4 Å². The van der Waals surface area contributed by atoms with Gasteiger partial charge in [-0.3, -0.25) is 22.9 Å². The standard InChI is InChI=1S/C24H21N5O5/c1-26-21-20(22(30)27(2)24(26)31)28-13-17(14-5-4-6-16(11-14)32-3)29(23(28)25-21)15-7-8-18-19(12-15)34-10-9-33-18/h4-8,11-13H,9-10H2,1-3H3. The van der Waals surface area contributed by atoms with Gasteiger partial charge in [-0.25, -0.2) is 4.79 Å². The highest BCUT2D eigenvalue weighted by molar-refractivity contribution is 5.80. The van der Waals surface area contributed by atoms with Crippen LogP contribution in [0.1, 0.15) is 0 Å². The van der Waals surface area contributed by atoms with E-state index in [0.717, 1.165) is 21.5 Å². The second-order valence-corrected chi connectivity index (χ2v) is 8.07. The van der Waals surface area contributed by atoms with Crippen LogP contribution in [0.2, 0.25) is 0 Å². The number of aromatic nitrogens is 5. The first kappa shape index (κ1) is 20.2. The third kappa shape index (κ3) is 2.78. The molecule has 0 bridgehead atoms. The Morgan fingerprint density at radius 1 is 0.971 bits per heavy atom. The number of imidazole rings is 2. The molecule has 0 saturated carbocycles. The fraction of sp³-hybridized carbons (Fsp3) is 0.208. The summed E-state index contributed by atoms with van der Waals surface area (Å²) in [6, 6.07) is 13.3. The van der Waals surface area contributed by atoms with E-state index in [1.165, 1.54) is 11.6 Å². The lowest BCUT2D eigenvalue weighted by molar-refractivity contribution is 0.171. The Labute approximate surface area is 192 Å².